The molecule has 1 aliphatic rings. The smallest absolute Gasteiger partial charge is 0.190 e. The summed E-state index contributed by atoms with van der Waals surface area (Å²) in [5, 5.41) is 6.77. The third kappa shape index (κ3) is 12.8. The highest BCUT2D eigenvalue weighted by Gasteiger charge is 2.12. The molecule has 2 N–H and O–H groups in total. The average Bonchev–Trinajstić information content (AvgIpc) is 2.60. The van der Waals surface area contributed by atoms with Crippen LogP contribution in [0.25, 0.3) is 0 Å². The lowest BCUT2D eigenvalue weighted by molar-refractivity contribution is 0.0277. The third-order valence-corrected chi connectivity index (χ3v) is 4.85. The van der Waals surface area contributed by atoms with Gasteiger partial charge in [0.2, 0.25) is 0 Å². The van der Waals surface area contributed by atoms with Gasteiger partial charge in [0.1, 0.15) is 0 Å². The number of hydrogen-bond donors (Lipinski definition) is 2. The van der Waals surface area contributed by atoms with Crippen LogP contribution in [0.2, 0.25) is 0 Å². The van der Waals surface area contributed by atoms with Crippen molar-refractivity contribution < 1.29 is 4.74 Å². The standard InChI is InChI=1S/C19H40N4O.HI/c1-17(2)23(4)15-9-8-13-21-19(20-3)22-14-10-16-24-18-11-6-5-7-12-18;/h17-18H,5-16H2,1-4H3,(H2,20,21,22);1H. The zero-order chi connectivity index (χ0) is 17.6. The molecule has 0 heterocycles. The zero-order valence-corrected chi connectivity index (χ0v) is 19.2. The van der Waals surface area contributed by atoms with E-state index in [1.54, 1.807) is 0 Å². The molecule has 0 radical (unpaired) electrons. The molecule has 5 nitrogen and oxygen atoms in total. The number of ether oxygens (including phenoxy) is 1. The summed E-state index contributed by atoms with van der Waals surface area (Å²) in [4.78, 5) is 6.67. The predicted molar refractivity (Wildman–Crippen MR) is 119 cm³/mol. The first kappa shape index (κ1) is 24.9. The summed E-state index contributed by atoms with van der Waals surface area (Å²) < 4.78 is 5.95. The number of aliphatic imine (C=N–C) groups is 1. The van der Waals surface area contributed by atoms with Crippen molar-refractivity contribution in [2.24, 2.45) is 4.99 Å². The molecule has 25 heavy (non-hydrogen) atoms. The number of hydrogen-bond acceptors (Lipinski definition) is 3. The Bertz CT molecular complexity index is 333. The first-order valence-electron chi connectivity index (χ1n) is 9.90. The van der Waals surface area contributed by atoms with Crippen molar-refractivity contribution in [1.82, 2.24) is 15.5 Å². The fraction of sp³-hybridized carbons (Fsp3) is 0.947. The van der Waals surface area contributed by atoms with Crippen molar-refractivity contribution in [3.63, 3.8) is 0 Å². The molecule has 0 aromatic carbocycles. The molecule has 0 spiro atoms. The van der Waals surface area contributed by atoms with Crippen LogP contribution in [0, 0.1) is 0 Å². The summed E-state index contributed by atoms with van der Waals surface area (Å²) in [5.41, 5.74) is 0. The fourth-order valence-electron chi connectivity index (χ4n) is 2.93. The molecule has 1 rings (SSSR count). The zero-order valence-electron chi connectivity index (χ0n) is 16.9. The van der Waals surface area contributed by atoms with E-state index in [1.807, 2.05) is 7.05 Å². The molecule has 1 aliphatic carbocycles. The number of nitrogens with zero attached hydrogens (tertiary/aromatic N) is 2. The molecule has 1 saturated carbocycles. The van der Waals surface area contributed by atoms with Gasteiger partial charge in [0.25, 0.3) is 0 Å². The number of nitrogens with one attached hydrogen (secondary N) is 2. The molecule has 0 bridgehead atoms. The van der Waals surface area contributed by atoms with Crippen LogP contribution in [-0.4, -0.2) is 63.3 Å². The SMILES string of the molecule is CN=C(NCCCCN(C)C(C)C)NCCCOC1CCCCC1.I. The number of unbranched alkanes of at least 4 members (excludes halogenated alkanes) is 1. The summed E-state index contributed by atoms with van der Waals surface area (Å²) >= 11 is 0. The van der Waals surface area contributed by atoms with Crippen molar-refractivity contribution >= 4 is 29.9 Å². The summed E-state index contributed by atoms with van der Waals surface area (Å²) in [6.45, 7) is 8.39. The molecule has 0 unspecified atom stereocenters. The Balaban J connectivity index is 0.00000576. The normalized spacial score (nSPS) is 16.2. The molecule has 0 aliphatic heterocycles. The van der Waals surface area contributed by atoms with Gasteiger partial charge in [-0.25, -0.2) is 0 Å². The van der Waals surface area contributed by atoms with Crippen LogP contribution in [-0.2, 0) is 4.74 Å². The van der Waals surface area contributed by atoms with E-state index < -0.39 is 0 Å². The second-order valence-electron chi connectivity index (χ2n) is 7.19. The third-order valence-electron chi connectivity index (χ3n) is 4.85. The number of rotatable bonds is 11. The Labute approximate surface area is 172 Å². The first-order chi connectivity index (χ1) is 11.6. The lowest BCUT2D eigenvalue weighted by Crippen LogP contribution is -2.38. The van der Waals surface area contributed by atoms with Gasteiger partial charge < -0.3 is 20.3 Å². The molecular weight excluding hydrogens is 427 g/mol. The van der Waals surface area contributed by atoms with Gasteiger partial charge >= 0.3 is 0 Å². The summed E-state index contributed by atoms with van der Waals surface area (Å²) in [6, 6.07) is 0.628. The Kier molecular flexibility index (Phi) is 16.1. The summed E-state index contributed by atoms with van der Waals surface area (Å²) in [7, 11) is 4.02. The Morgan fingerprint density at radius 2 is 1.72 bits per heavy atom. The summed E-state index contributed by atoms with van der Waals surface area (Å²) in [5.74, 6) is 0.907. The van der Waals surface area contributed by atoms with E-state index in [-0.39, 0.29) is 24.0 Å². The minimum atomic E-state index is 0. The molecule has 150 valence electrons. The van der Waals surface area contributed by atoms with Crippen LogP contribution in [0.1, 0.15) is 65.2 Å². The van der Waals surface area contributed by atoms with Crippen molar-refractivity contribution in [2.45, 2.75) is 77.4 Å². The Hall–Kier alpha value is -0.0800. The monoisotopic (exact) mass is 468 g/mol. The van der Waals surface area contributed by atoms with Gasteiger partial charge in [-0.05, 0) is 59.5 Å². The molecule has 0 amide bonds. The lowest BCUT2D eigenvalue weighted by Gasteiger charge is -2.22. The largest absolute Gasteiger partial charge is 0.378 e. The fourth-order valence-corrected chi connectivity index (χ4v) is 2.93. The molecule has 0 atom stereocenters. The van der Waals surface area contributed by atoms with Gasteiger partial charge in [-0.3, -0.25) is 4.99 Å². The van der Waals surface area contributed by atoms with Crippen LogP contribution in [0.5, 0.6) is 0 Å². The van der Waals surface area contributed by atoms with E-state index in [4.69, 9.17) is 4.74 Å². The van der Waals surface area contributed by atoms with E-state index in [9.17, 15) is 0 Å². The van der Waals surface area contributed by atoms with Gasteiger partial charge in [0, 0.05) is 32.8 Å². The van der Waals surface area contributed by atoms with E-state index in [0.717, 1.165) is 38.6 Å². The molecular formula is C19H41IN4O. The topological polar surface area (TPSA) is 48.9 Å². The predicted octanol–water partition coefficient (Wildman–Crippen LogP) is 3.63. The summed E-state index contributed by atoms with van der Waals surface area (Å²) in [6.07, 6.45) is 10.5. The van der Waals surface area contributed by atoms with Crippen LogP contribution >= 0.6 is 24.0 Å². The molecule has 6 heteroatoms. The van der Waals surface area contributed by atoms with E-state index in [1.165, 1.54) is 44.9 Å². The van der Waals surface area contributed by atoms with Crippen molar-refractivity contribution in [1.29, 1.82) is 0 Å². The first-order valence-corrected chi connectivity index (χ1v) is 9.90. The lowest BCUT2D eigenvalue weighted by atomic mass is 9.98. The number of guanidine groups is 1. The molecule has 0 saturated heterocycles. The Morgan fingerprint density at radius 1 is 1.08 bits per heavy atom. The second kappa shape index (κ2) is 16.1. The van der Waals surface area contributed by atoms with Crippen molar-refractivity contribution in [2.75, 3.05) is 40.3 Å². The van der Waals surface area contributed by atoms with Crippen molar-refractivity contribution in [3.05, 3.63) is 0 Å². The van der Waals surface area contributed by atoms with Gasteiger partial charge in [-0.2, -0.15) is 0 Å². The maximum absolute atomic E-state index is 5.95. The maximum Gasteiger partial charge on any atom is 0.190 e. The van der Waals surface area contributed by atoms with E-state index in [0.29, 0.717) is 12.1 Å². The van der Waals surface area contributed by atoms with Crippen LogP contribution < -0.4 is 10.6 Å². The van der Waals surface area contributed by atoms with Crippen molar-refractivity contribution in [3.8, 4) is 0 Å². The maximum atomic E-state index is 5.95. The van der Waals surface area contributed by atoms with Crippen LogP contribution in [0.3, 0.4) is 0 Å². The molecule has 1 fully saturated rings. The minimum absolute atomic E-state index is 0. The molecule has 0 aromatic rings. The second-order valence-corrected chi connectivity index (χ2v) is 7.19. The number of halogens is 1. The molecule has 0 aromatic heterocycles. The average molecular weight is 468 g/mol. The van der Waals surface area contributed by atoms with Gasteiger partial charge in [-0.1, -0.05) is 19.3 Å². The quantitative estimate of drug-likeness (QED) is 0.211. The van der Waals surface area contributed by atoms with E-state index in [2.05, 4.69) is 41.4 Å². The highest BCUT2D eigenvalue weighted by molar-refractivity contribution is 14.0. The van der Waals surface area contributed by atoms with E-state index >= 15 is 0 Å². The Morgan fingerprint density at radius 3 is 2.32 bits per heavy atom. The van der Waals surface area contributed by atoms with Crippen LogP contribution in [0.15, 0.2) is 4.99 Å². The highest BCUT2D eigenvalue weighted by Crippen LogP contribution is 2.20. The minimum Gasteiger partial charge on any atom is -0.378 e. The van der Waals surface area contributed by atoms with Gasteiger partial charge in [-0.15, -0.1) is 24.0 Å². The van der Waals surface area contributed by atoms with Crippen LogP contribution in [0.4, 0.5) is 0 Å². The highest BCUT2D eigenvalue weighted by atomic mass is 127. The van der Waals surface area contributed by atoms with Gasteiger partial charge in [0.05, 0.1) is 6.10 Å². The van der Waals surface area contributed by atoms with Gasteiger partial charge in [0.15, 0.2) is 5.96 Å².